The monoisotopic (exact) mass is 814 g/mol. The molecule has 300 valence electrons. The number of para-hydroxylation sites is 1. The molecular formula is C62H42N2. The first kappa shape index (κ1) is 37.3. The molecule has 0 radical (unpaired) electrons. The van der Waals surface area contributed by atoms with Crippen LogP contribution < -0.4 is 4.90 Å². The second kappa shape index (κ2) is 15.8. The Hall–Kier alpha value is -8.46. The van der Waals surface area contributed by atoms with Crippen molar-refractivity contribution >= 4 is 60.4 Å². The SMILES string of the molecule is c1ccc(-c2cc(-c3ccccc3)cc(-c3ccc(N(c4cccc(-c5cccc6c5c5cc7ccccc7cc5n6-c5ccccc5)c4)c4cccc5ccccc45)cc3)c2)cc1. The molecule has 0 bridgehead atoms. The molecule has 2 heteroatoms. The van der Waals surface area contributed by atoms with Crippen molar-refractivity contribution in [3.05, 3.63) is 255 Å². The number of fused-ring (bicyclic) bond motifs is 5. The fourth-order valence-corrected chi connectivity index (χ4v) is 9.68. The van der Waals surface area contributed by atoms with E-state index in [1.165, 1.54) is 82.3 Å². The maximum Gasteiger partial charge on any atom is 0.0547 e. The molecule has 0 aliphatic rings. The number of aromatic nitrogens is 1. The van der Waals surface area contributed by atoms with Gasteiger partial charge in [-0.1, -0.05) is 176 Å². The van der Waals surface area contributed by atoms with Gasteiger partial charge in [0.25, 0.3) is 0 Å². The van der Waals surface area contributed by atoms with Crippen LogP contribution >= 0.6 is 0 Å². The van der Waals surface area contributed by atoms with Crippen molar-refractivity contribution < 1.29 is 0 Å². The third-order valence-corrected chi connectivity index (χ3v) is 12.7. The van der Waals surface area contributed by atoms with Crippen molar-refractivity contribution in [2.45, 2.75) is 0 Å². The lowest BCUT2D eigenvalue weighted by Gasteiger charge is -2.27. The second-order valence-electron chi connectivity index (χ2n) is 16.5. The van der Waals surface area contributed by atoms with Crippen molar-refractivity contribution in [3.8, 4) is 50.2 Å². The van der Waals surface area contributed by atoms with E-state index in [1.807, 2.05) is 0 Å². The maximum atomic E-state index is 2.42. The van der Waals surface area contributed by atoms with Gasteiger partial charge in [0.1, 0.15) is 0 Å². The fourth-order valence-electron chi connectivity index (χ4n) is 9.68. The summed E-state index contributed by atoms with van der Waals surface area (Å²) in [6.45, 7) is 0. The summed E-state index contributed by atoms with van der Waals surface area (Å²) in [6.07, 6.45) is 0. The molecule has 0 fully saturated rings. The van der Waals surface area contributed by atoms with Crippen molar-refractivity contribution in [1.29, 1.82) is 0 Å². The van der Waals surface area contributed by atoms with Gasteiger partial charge in [-0.2, -0.15) is 0 Å². The quantitative estimate of drug-likeness (QED) is 0.148. The third kappa shape index (κ3) is 6.61. The normalized spacial score (nSPS) is 11.4. The Labute approximate surface area is 373 Å². The standard InChI is InChI=1S/C62H42N2/c1-4-17-43(18-5-1)50-37-51(44-19-6-2-7-20-44)39-52(38-50)45-33-35-54(36-34-45)63(59-31-15-24-46-21-12-13-29-56(46)59)55-28-14-25-49(40-55)57-30-16-32-60-62(57)58-41-47-22-10-11-23-48(47)42-61(58)64(60)53-26-8-3-9-27-53/h1-42H. The lowest BCUT2D eigenvalue weighted by molar-refractivity contribution is 1.18. The number of anilines is 3. The molecule has 0 aliphatic carbocycles. The van der Waals surface area contributed by atoms with Gasteiger partial charge in [0.15, 0.2) is 0 Å². The molecule has 1 heterocycles. The van der Waals surface area contributed by atoms with Crippen LogP contribution in [0.25, 0.3) is 93.5 Å². The topological polar surface area (TPSA) is 8.17 Å². The Kier molecular flexibility index (Phi) is 9.20. The van der Waals surface area contributed by atoms with E-state index in [0.29, 0.717) is 0 Å². The molecular weight excluding hydrogens is 773 g/mol. The first-order chi connectivity index (χ1) is 31.7. The number of hydrogen-bond acceptors (Lipinski definition) is 1. The molecule has 0 saturated carbocycles. The molecule has 0 saturated heterocycles. The molecule has 11 aromatic carbocycles. The van der Waals surface area contributed by atoms with Crippen LogP contribution in [0.3, 0.4) is 0 Å². The molecule has 12 rings (SSSR count). The van der Waals surface area contributed by atoms with Gasteiger partial charge in [0, 0.05) is 33.2 Å². The first-order valence-corrected chi connectivity index (χ1v) is 22.0. The Morgan fingerprint density at radius 1 is 0.281 bits per heavy atom. The van der Waals surface area contributed by atoms with Crippen molar-refractivity contribution in [3.63, 3.8) is 0 Å². The molecule has 0 spiro atoms. The molecule has 64 heavy (non-hydrogen) atoms. The molecule has 0 aliphatic heterocycles. The predicted octanol–water partition coefficient (Wildman–Crippen LogP) is 17.2. The number of benzene rings is 11. The van der Waals surface area contributed by atoms with E-state index in [-0.39, 0.29) is 0 Å². The molecule has 0 atom stereocenters. The Morgan fingerprint density at radius 3 is 1.50 bits per heavy atom. The largest absolute Gasteiger partial charge is 0.310 e. The zero-order chi connectivity index (χ0) is 42.4. The van der Waals surface area contributed by atoms with E-state index < -0.39 is 0 Å². The van der Waals surface area contributed by atoms with Gasteiger partial charge in [-0.05, 0) is 140 Å². The molecule has 2 nitrogen and oxygen atoms in total. The van der Waals surface area contributed by atoms with E-state index in [2.05, 4.69) is 264 Å². The van der Waals surface area contributed by atoms with E-state index in [4.69, 9.17) is 0 Å². The van der Waals surface area contributed by atoms with Crippen LogP contribution in [0.5, 0.6) is 0 Å². The summed E-state index contributed by atoms with van der Waals surface area (Å²) >= 11 is 0. The van der Waals surface area contributed by atoms with Crippen LogP contribution in [0.15, 0.2) is 255 Å². The minimum atomic E-state index is 1.09. The number of hydrogen-bond donors (Lipinski definition) is 0. The van der Waals surface area contributed by atoms with Crippen LogP contribution in [0.1, 0.15) is 0 Å². The maximum absolute atomic E-state index is 2.42. The van der Waals surface area contributed by atoms with Gasteiger partial charge in [0.05, 0.1) is 16.7 Å². The smallest absolute Gasteiger partial charge is 0.0547 e. The van der Waals surface area contributed by atoms with Crippen molar-refractivity contribution in [1.82, 2.24) is 4.57 Å². The second-order valence-corrected chi connectivity index (χ2v) is 16.5. The summed E-state index contributed by atoms with van der Waals surface area (Å²) in [5.74, 6) is 0. The molecule has 0 amide bonds. The molecule has 1 aromatic heterocycles. The minimum Gasteiger partial charge on any atom is -0.310 e. The van der Waals surface area contributed by atoms with Gasteiger partial charge in [-0.3, -0.25) is 0 Å². The highest BCUT2D eigenvalue weighted by Crippen LogP contribution is 2.44. The van der Waals surface area contributed by atoms with Gasteiger partial charge in [0.2, 0.25) is 0 Å². The average Bonchev–Trinajstić information content (AvgIpc) is 3.70. The van der Waals surface area contributed by atoms with Gasteiger partial charge in [-0.15, -0.1) is 0 Å². The predicted molar refractivity (Wildman–Crippen MR) is 272 cm³/mol. The fraction of sp³-hybridized carbons (Fsp3) is 0. The summed E-state index contributed by atoms with van der Waals surface area (Å²) in [7, 11) is 0. The summed E-state index contributed by atoms with van der Waals surface area (Å²) < 4.78 is 2.42. The van der Waals surface area contributed by atoms with Gasteiger partial charge >= 0.3 is 0 Å². The van der Waals surface area contributed by atoms with Crippen molar-refractivity contribution in [2.75, 3.05) is 4.90 Å². The van der Waals surface area contributed by atoms with Gasteiger partial charge in [-0.25, -0.2) is 0 Å². The zero-order valence-corrected chi connectivity index (χ0v) is 35.1. The Morgan fingerprint density at radius 2 is 0.812 bits per heavy atom. The summed E-state index contributed by atoms with van der Waals surface area (Å²) in [4.78, 5) is 2.42. The van der Waals surface area contributed by atoms with Crippen LogP contribution in [-0.4, -0.2) is 4.57 Å². The Balaban J connectivity index is 1.02. The summed E-state index contributed by atoms with van der Waals surface area (Å²) in [5, 5.41) is 7.36. The van der Waals surface area contributed by atoms with E-state index >= 15 is 0 Å². The zero-order valence-electron chi connectivity index (χ0n) is 35.1. The van der Waals surface area contributed by atoms with E-state index in [1.54, 1.807) is 0 Å². The van der Waals surface area contributed by atoms with E-state index in [9.17, 15) is 0 Å². The first-order valence-electron chi connectivity index (χ1n) is 22.0. The average molecular weight is 815 g/mol. The number of rotatable bonds is 8. The highest BCUT2D eigenvalue weighted by atomic mass is 15.1. The molecule has 12 aromatic rings. The van der Waals surface area contributed by atoms with Crippen molar-refractivity contribution in [2.24, 2.45) is 0 Å². The highest BCUT2D eigenvalue weighted by Gasteiger charge is 2.20. The molecule has 0 unspecified atom stereocenters. The van der Waals surface area contributed by atoms with Crippen LogP contribution in [0, 0.1) is 0 Å². The van der Waals surface area contributed by atoms with Crippen LogP contribution in [-0.2, 0) is 0 Å². The number of nitrogens with zero attached hydrogens (tertiary/aromatic N) is 2. The minimum absolute atomic E-state index is 1.09. The van der Waals surface area contributed by atoms with E-state index in [0.717, 1.165) is 28.3 Å². The van der Waals surface area contributed by atoms with Crippen LogP contribution in [0.4, 0.5) is 17.1 Å². The lowest BCUT2D eigenvalue weighted by Crippen LogP contribution is -2.10. The summed E-state index contributed by atoms with van der Waals surface area (Å²) in [6, 6.07) is 92.8. The third-order valence-electron chi connectivity index (χ3n) is 12.7. The molecule has 0 N–H and O–H groups in total. The summed E-state index contributed by atoms with van der Waals surface area (Å²) in [5.41, 5.74) is 16.4. The highest BCUT2D eigenvalue weighted by molar-refractivity contribution is 6.19. The Bertz CT molecular complexity index is 3580. The lowest BCUT2D eigenvalue weighted by atomic mass is 9.93. The van der Waals surface area contributed by atoms with Crippen LogP contribution in [0.2, 0.25) is 0 Å². The van der Waals surface area contributed by atoms with Gasteiger partial charge < -0.3 is 9.47 Å².